The minimum Gasteiger partial charge on any atom is -0.455 e. The van der Waals surface area contributed by atoms with E-state index in [-0.39, 0.29) is 5.91 Å². The molecule has 15 heteroatoms. The van der Waals surface area contributed by atoms with Crippen LogP contribution in [-0.4, -0.2) is 98.6 Å². The summed E-state index contributed by atoms with van der Waals surface area (Å²) >= 11 is 0. The molecule has 0 aromatic carbocycles. The number of carbonyl (C=O) groups is 2. The molecule has 1 rings (SSSR count). The van der Waals surface area contributed by atoms with Crippen LogP contribution < -0.4 is 11.1 Å². The zero-order chi connectivity index (χ0) is 31.3. The number of hydrogen-bond acceptors (Lipinski definition) is 10. The minimum absolute atomic E-state index is 0.204. The van der Waals surface area contributed by atoms with Gasteiger partial charge in [-0.3, -0.25) is 4.79 Å². The van der Waals surface area contributed by atoms with Gasteiger partial charge in [0, 0.05) is 18.5 Å². The van der Waals surface area contributed by atoms with Crippen LogP contribution in [0.1, 0.15) is 33.1 Å². The highest BCUT2D eigenvalue weighted by Crippen LogP contribution is 2.31. The highest BCUT2D eigenvalue weighted by atomic mass is 28.5. The van der Waals surface area contributed by atoms with Gasteiger partial charge in [0.15, 0.2) is 30.7 Å². The van der Waals surface area contributed by atoms with E-state index in [1.807, 2.05) is 6.92 Å². The molecular formula is C24H56N2O9Si4. The lowest BCUT2D eigenvalue weighted by Gasteiger charge is -2.45. The molecule has 0 bridgehead atoms. The molecule has 1 amide bonds. The molecular weight excluding hydrogens is 573 g/mol. The predicted octanol–water partition coefficient (Wildman–Crippen LogP) is 2.47. The van der Waals surface area contributed by atoms with Crippen molar-refractivity contribution in [1.82, 2.24) is 5.32 Å². The van der Waals surface area contributed by atoms with Crippen molar-refractivity contribution in [3.63, 3.8) is 0 Å². The van der Waals surface area contributed by atoms with Gasteiger partial charge >= 0.3 is 14.8 Å². The van der Waals surface area contributed by atoms with Crippen molar-refractivity contribution in [3.8, 4) is 0 Å². The van der Waals surface area contributed by atoms with Crippen LogP contribution in [0.15, 0.2) is 12.2 Å². The van der Waals surface area contributed by atoms with Gasteiger partial charge in [-0.15, -0.1) is 0 Å². The van der Waals surface area contributed by atoms with Crippen LogP contribution in [0.3, 0.4) is 0 Å². The number of carbonyl (C=O) groups excluding carboxylic acids is 2. The molecule has 6 N–H and O–H groups in total. The van der Waals surface area contributed by atoms with Crippen molar-refractivity contribution in [2.24, 2.45) is 5.73 Å². The second-order valence-electron chi connectivity index (χ2n) is 12.6. The summed E-state index contributed by atoms with van der Waals surface area (Å²) in [6.07, 6.45) is 2.35. The summed E-state index contributed by atoms with van der Waals surface area (Å²) < 4.78 is 25.6. The molecule has 1 aliphatic rings. The molecule has 1 unspecified atom stereocenters. The fourth-order valence-electron chi connectivity index (χ4n) is 2.89. The minimum atomic E-state index is -3.24. The molecule has 232 valence electrons. The molecule has 11 nitrogen and oxygen atoms in total. The highest BCUT2D eigenvalue weighted by molar-refractivity contribution is 6.90. The Labute approximate surface area is 240 Å². The second-order valence-corrected chi connectivity index (χ2v) is 29.6. The summed E-state index contributed by atoms with van der Waals surface area (Å²) in [6.45, 7) is 26.0. The third kappa shape index (κ3) is 19.1. The van der Waals surface area contributed by atoms with Crippen LogP contribution in [0, 0.1) is 0 Å². The molecule has 1 heterocycles. The molecule has 1 aliphatic heterocycles. The van der Waals surface area contributed by atoms with Crippen molar-refractivity contribution < 1.29 is 42.0 Å². The Balaban J connectivity index is 0. The first-order valence-corrected chi connectivity index (χ1v) is 25.4. The SMILES string of the molecule is C=C(C)C(=O)OC(CC)[Si](O[Si](C)(C)C)(O[Si](C)(C)C)O[Si](C)(C)C.NC(CO)(CO)CO.O=C1CCCN1. The Bertz CT molecular complexity index is 705. The molecule has 0 radical (unpaired) electrons. The van der Waals surface area contributed by atoms with Crippen molar-refractivity contribution in [2.45, 2.75) is 103 Å². The molecule has 1 fully saturated rings. The third-order valence-electron chi connectivity index (χ3n) is 4.56. The zero-order valence-corrected chi connectivity index (χ0v) is 30.1. The van der Waals surface area contributed by atoms with Gasteiger partial charge in [0.05, 0.1) is 25.4 Å². The third-order valence-corrected chi connectivity index (χ3v) is 16.6. The van der Waals surface area contributed by atoms with Crippen LogP contribution in [0.5, 0.6) is 0 Å². The van der Waals surface area contributed by atoms with Crippen LogP contribution in [-0.2, 0) is 26.7 Å². The topological polar surface area (TPSA) is 170 Å². The van der Waals surface area contributed by atoms with Gasteiger partial charge in [0.1, 0.15) is 0 Å². The van der Waals surface area contributed by atoms with Crippen LogP contribution >= 0.6 is 0 Å². The average molecular weight is 629 g/mol. The van der Waals surface area contributed by atoms with Gasteiger partial charge in [0.25, 0.3) is 0 Å². The maximum absolute atomic E-state index is 12.2. The lowest BCUT2D eigenvalue weighted by Crippen LogP contribution is -2.67. The molecule has 0 aliphatic carbocycles. The number of aliphatic hydroxyl groups excluding tert-OH is 3. The average Bonchev–Trinajstić information content (AvgIpc) is 3.24. The van der Waals surface area contributed by atoms with Crippen molar-refractivity contribution in [1.29, 1.82) is 0 Å². The van der Waals surface area contributed by atoms with Gasteiger partial charge in [-0.25, -0.2) is 4.79 Å². The normalized spacial score (nSPS) is 15.3. The van der Waals surface area contributed by atoms with E-state index >= 15 is 0 Å². The van der Waals surface area contributed by atoms with Crippen LogP contribution in [0.25, 0.3) is 0 Å². The Kier molecular flexibility index (Phi) is 17.9. The fourth-order valence-corrected chi connectivity index (χ4v) is 17.1. The van der Waals surface area contributed by atoms with E-state index in [0.29, 0.717) is 12.0 Å². The quantitative estimate of drug-likeness (QED) is 0.116. The molecule has 1 saturated heterocycles. The number of nitrogens with two attached hydrogens (primary N) is 1. The van der Waals surface area contributed by atoms with Gasteiger partial charge in [-0.05, 0) is 78.7 Å². The number of hydrogen-bond donors (Lipinski definition) is 5. The Morgan fingerprint density at radius 1 is 0.949 bits per heavy atom. The zero-order valence-electron chi connectivity index (χ0n) is 26.1. The van der Waals surface area contributed by atoms with E-state index in [4.69, 9.17) is 38.1 Å². The predicted molar refractivity (Wildman–Crippen MR) is 164 cm³/mol. The Morgan fingerprint density at radius 2 is 1.33 bits per heavy atom. The summed E-state index contributed by atoms with van der Waals surface area (Å²) in [5.41, 5.74) is 3.80. The summed E-state index contributed by atoms with van der Waals surface area (Å²) in [5.74, 6) is -0.212. The van der Waals surface area contributed by atoms with Gasteiger partial charge in [-0.2, -0.15) is 0 Å². The first kappa shape index (κ1) is 40.4. The Morgan fingerprint density at radius 3 is 1.49 bits per heavy atom. The van der Waals surface area contributed by atoms with E-state index in [9.17, 15) is 9.59 Å². The molecule has 39 heavy (non-hydrogen) atoms. The van der Waals surface area contributed by atoms with E-state index < -0.39 is 70.8 Å². The number of nitrogens with one attached hydrogen (secondary N) is 1. The van der Waals surface area contributed by atoms with Gasteiger partial charge in [0.2, 0.25) is 5.91 Å². The Hall–Kier alpha value is -0.732. The summed E-state index contributed by atoms with van der Waals surface area (Å²) in [4.78, 5) is 22.4. The molecule has 1 atom stereocenters. The van der Waals surface area contributed by atoms with E-state index in [0.717, 1.165) is 19.4 Å². The summed E-state index contributed by atoms with van der Waals surface area (Å²) in [5, 5.41) is 27.7. The molecule has 0 spiro atoms. The molecule has 0 aromatic heterocycles. The monoisotopic (exact) mass is 628 g/mol. The number of esters is 1. The summed E-state index contributed by atoms with van der Waals surface area (Å²) in [6, 6.07) is 0. The maximum atomic E-state index is 12.2. The highest BCUT2D eigenvalue weighted by Gasteiger charge is 2.57. The van der Waals surface area contributed by atoms with E-state index in [1.165, 1.54) is 0 Å². The number of amides is 1. The van der Waals surface area contributed by atoms with E-state index in [2.05, 4.69) is 70.8 Å². The first-order valence-electron chi connectivity index (χ1n) is 13.3. The van der Waals surface area contributed by atoms with Gasteiger partial charge < -0.3 is 43.5 Å². The fraction of sp³-hybridized carbons (Fsp3) is 0.833. The molecule has 0 saturated carbocycles. The van der Waals surface area contributed by atoms with E-state index in [1.54, 1.807) is 6.92 Å². The smallest absolute Gasteiger partial charge is 0.455 e. The van der Waals surface area contributed by atoms with Gasteiger partial charge in [-0.1, -0.05) is 13.5 Å². The first-order chi connectivity index (χ1) is 17.5. The summed E-state index contributed by atoms with van der Waals surface area (Å²) in [7, 11) is -9.26. The largest absolute Gasteiger partial charge is 0.512 e. The number of rotatable bonds is 13. The van der Waals surface area contributed by atoms with Crippen LogP contribution in [0.4, 0.5) is 0 Å². The lowest BCUT2D eigenvalue weighted by atomic mass is 10.1. The van der Waals surface area contributed by atoms with Crippen molar-refractivity contribution in [3.05, 3.63) is 12.2 Å². The van der Waals surface area contributed by atoms with Crippen molar-refractivity contribution in [2.75, 3.05) is 26.4 Å². The standard InChI is InChI=1S/C16H38O5Si4.C4H11NO3.C4H7NO/c1-13-15(18-16(17)14(2)3)25(19-22(4,5)6,20-23(7,8)9)21-24(10,11)12;5-4(1-6,2-7)3-8;6-4-2-1-3-5-4/h15H,2,13H2,1,3-12H3;6-8H,1-3,5H2;1-3H2,(H,5,6). The maximum Gasteiger partial charge on any atom is 0.512 e. The number of aliphatic hydroxyl groups is 3. The van der Waals surface area contributed by atoms with Crippen molar-refractivity contribution >= 4 is 45.6 Å². The van der Waals surface area contributed by atoms with Crippen LogP contribution in [0.2, 0.25) is 58.9 Å². The lowest BCUT2D eigenvalue weighted by molar-refractivity contribution is -0.143. The number of ether oxygens (including phenoxy) is 1. The second kappa shape index (κ2) is 17.3. The molecule has 0 aromatic rings.